The minimum Gasteiger partial charge on any atom is -0.343 e. The molecule has 2 rings (SSSR count). The number of carbonyl (C=O) groups is 2. The van der Waals surface area contributed by atoms with Crippen LogP contribution in [0.1, 0.15) is 15.9 Å². The van der Waals surface area contributed by atoms with Gasteiger partial charge in [-0.25, -0.2) is 0 Å². The van der Waals surface area contributed by atoms with Crippen LogP contribution in [-0.2, 0) is 11.0 Å². The van der Waals surface area contributed by atoms with E-state index >= 15 is 0 Å². The predicted octanol–water partition coefficient (Wildman–Crippen LogP) is 1.29. The number of nitrogens with zero attached hydrogens (tertiary/aromatic N) is 1. The molecular weight excluding hydrogens is 335 g/mol. The van der Waals surface area contributed by atoms with E-state index in [0.29, 0.717) is 26.2 Å². The van der Waals surface area contributed by atoms with Crippen LogP contribution >= 0.6 is 12.4 Å². The average molecular weight is 352 g/mol. The van der Waals surface area contributed by atoms with Crippen LogP contribution in [0.25, 0.3) is 0 Å². The van der Waals surface area contributed by atoms with Crippen LogP contribution in [-0.4, -0.2) is 49.4 Å². The van der Waals surface area contributed by atoms with Crippen LogP contribution in [0.4, 0.5) is 13.2 Å². The third kappa shape index (κ3) is 5.40. The molecular formula is C14H17ClF3N3O2. The van der Waals surface area contributed by atoms with Crippen LogP contribution in [0.15, 0.2) is 24.3 Å². The Morgan fingerprint density at radius 1 is 1.13 bits per heavy atom. The first-order chi connectivity index (χ1) is 10.4. The molecule has 0 atom stereocenters. The highest BCUT2D eigenvalue weighted by Gasteiger charge is 2.30. The van der Waals surface area contributed by atoms with Gasteiger partial charge in [-0.05, 0) is 24.3 Å². The Kier molecular flexibility index (Phi) is 6.83. The first-order valence-electron chi connectivity index (χ1n) is 6.82. The lowest BCUT2D eigenvalue weighted by Crippen LogP contribution is -2.49. The summed E-state index contributed by atoms with van der Waals surface area (Å²) in [4.78, 5) is 25.3. The van der Waals surface area contributed by atoms with Crippen molar-refractivity contribution in [2.24, 2.45) is 0 Å². The molecule has 2 N–H and O–H groups in total. The number of piperazine rings is 1. The molecule has 0 unspecified atom stereocenters. The van der Waals surface area contributed by atoms with Crippen molar-refractivity contribution in [2.45, 2.75) is 6.18 Å². The molecule has 0 radical (unpaired) electrons. The lowest BCUT2D eigenvalue weighted by molar-refractivity contribution is -0.137. The summed E-state index contributed by atoms with van der Waals surface area (Å²) in [6, 6.07) is 3.86. The SMILES string of the molecule is Cl.O=C(NCC(=O)N1CCNCC1)c1ccc(C(F)(F)F)cc1. The molecule has 0 spiro atoms. The van der Waals surface area contributed by atoms with E-state index in [1.165, 1.54) is 0 Å². The Hall–Kier alpha value is -1.80. The Balaban J connectivity index is 0.00000264. The zero-order valence-corrected chi connectivity index (χ0v) is 13.0. The molecule has 1 aromatic rings. The topological polar surface area (TPSA) is 61.4 Å². The number of benzene rings is 1. The van der Waals surface area contributed by atoms with Crippen molar-refractivity contribution in [2.75, 3.05) is 32.7 Å². The first kappa shape index (κ1) is 19.2. The lowest BCUT2D eigenvalue weighted by Gasteiger charge is -2.27. The normalized spacial score (nSPS) is 14.8. The van der Waals surface area contributed by atoms with Crippen molar-refractivity contribution < 1.29 is 22.8 Å². The largest absolute Gasteiger partial charge is 0.416 e. The lowest BCUT2D eigenvalue weighted by atomic mass is 10.1. The van der Waals surface area contributed by atoms with Gasteiger partial charge in [-0.1, -0.05) is 0 Å². The van der Waals surface area contributed by atoms with Gasteiger partial charge < -0.3 is 15.5 Å². The van der Waals surface area contributed by atoms with Gasteiger partial charge in [0.2, 0.25) is 5.91 Å². The Bertz CT molecular complexity index is 543. The van der Waals surface area contributed by atoms with Crippen LogP contribution in [0.2, 0.25) is 0 Å². The molecule has 0 saturated carbocycles. The van der Waals surface area contributed by atoms with Crippen LogP contribution in [0.3, 0.4) is 0 Å². The minimum absolute atomic E-state index is 0. The molecule has 1 heterocycles. The highest BCUT2D eigenvalue weighted by atomic mass is 35.5. The van der Waals surface area contributed by atoms with Crippen molar-refractivity contribution >= 4 is 24.2 Å². The van der Waals surface area contributed by atoms with E-state index in [9.17, 15) is 22.8 Å². The number of rotatable bonds is 3. The average Bonchev–Trinajstić information content (AvgIpc) is 2.52. The summed E-state index contributed by atoms with van der Waals surface area (Å²) in [7, 11) is 0. The van der Waals surface area contributed by atoms with Gasteiger partial charge >= 0.3 is 6.18 Å². The summed E-state index contributed by atoms with van der Waals surface area (Å²) in [6.07, 6.45) is -4.44. The van der Waals surface area contributed by atoms with Gasteiger partial charge in [0.05, 0.1) is 12.1 Å². The summed E-state index contributed by atoms with van der Waals surface area (Å²) in [5.74, 6) is -0.779. The van der Waals surface area contributed by atoms with Gasteiger partial charge in [-0.2, -0.15) is 13.2 Å². The Labute approximate surface area is 137 Å². The highest BCUT2D eigenvalue weighted by Crippen LogP contribution is 2.28. The van der Waals surface area contributed by atoms with Crippen LogP contribution in [0, 0.1) is 0 Å². The zero-order chi connectivity index (χ0) is 16.2. The molecule has 0 bridgehead atoms. The maximum absolute atomic E-state index is 12.4. The van der Waals surface area contributed by atoms with Gasteiger partial charge in [0.25, 0.3) is 5.91 Å². The summed E-state index contributed by atoms with van der Waals surface area (Å²) in [5, 5.41) is 5.53. The zero-order valence-electron chi connectivity index (χ0n) is 12.2. The second kappa shape index (κ2) is 8.16. The van der Waals surface area contributed by atoms with E-state index in [0.717, 1.165) is 24.3 Å². The van der Waals surface area contributed by atoms with Crippen LogP contribution in [0.5, 0.6) is 0 Å². The van der Waals surface area contributed by atoms with E-state index in [1.807, 2.05) is 0 Å². The highest BCUT2D eigenvalue weighted by molar-refractivity contribution is 5.96. The fraction of sp³-hybridized carbons (Fsp3) is 0.429. The molecule has 0 aromatic heterocycles. The van der Waals surface area contributed by atoms with E-state index in [2.05, 4.69) is 10.6 Å². The van der Waals surface area contributed by atoms with E-state index < -0.39 is 17.6 Å². The Morgan fingerprint density at radius 2 is 1.70 bits per heavy atom. The maximum Gasteiger partial charge on any atom is 0.416 e. The molecule has 23 heavy (non-hydrogen) atoms. The van der Waals surface area contributed by atoms with Crippen molar-refractivity contribution in [3.8, 4) is 0 Å². The van der Waals surface area contributed by atoms with E-state index in [1.54, 1.807) is 4.90 Å². The molecule has 1 aromatic carbocycles. The molecule has 1 aliphatic rings. The molecule has 9 heteroatoms. The van der Waals surface area contributed by atoms with E-state index in [-0.39, 0.29) is 30.4 Å². The monoisotopic (exact) mass is 351 g/mol. The van der Waals surface area contributed by atoms with Gasteiger partial charge in [0, 0.05) is 31.7 Å². The number of amides is 2. The third-order valence-corrected chi connectivity index (χ3v) is 3.34. The van der Waals surface area contributed by atoms with Gasteiger partial charge in [-0.3, -0.25) is 9.59 Å². The minimum atomic E-state index is -4.44. The molecule has 2 amide bonds. The number of hydrogen-bond donors (Lipinski definition) is 2. The number of nitrogens with one attached hydrogen (secondary N) is 2. The maximum atomic E-state index is 12.4. The molecule has 128 valence electrons. The third-order valence-electron chi connectivity index (χ3n) is 3.34. The molecule has 1 saturated heterocycles. The van der Waals surface area contributed by atoms with Crippen molar-refractivity contribution in [1.82, 2.24) is 15.5 Å². The second-order valence-corrected chi connectivity index (χ2v) is 4.89. The van der Waals surface area contributed by atoms with Gasteiger partial charge in [0.1, 0.15) is 0 Å². The standard InChI is InChI=1S/C14H16F3N3O2.ClH/c15-14(16,17)11-3-1-10(2-4-11)13(22)19-9-12(21)20-7-5-18-6-8-20;/h1-4,18H,5-9H2,(H,19,22);1H. The molecule has 5 nitrogen and oxygen atoms in total. The smallest absolute Gasteiger partial charge is 0.343 e. The van der Waals surface area contributed by atoms with Gasteiger partial charge in [0.15, 0.2) is 0 Å². The summed E-state index contributed by atoms with van der Waals surface area (Å²) in [6.45, 7) is 2.40. The summed E-state index contributed by atoms with van der Waals surface area (Å²) < 4.78 is 37.3. The molecule has 0 aliphatic carbocycles. The predicted molar refractivity (Wildman–Crippen MR) is 80.5 cm³/mol. The second-order valence-electron chi connectivity index (χ2n) is 4.89. The first-order valence-corrected chi connectivity index (χ1v) is 6.82. The number of halogens is 4. The van der Waals surface area contributed by atoms with E-state index in [4.69, 9.17) is 0 Å². The molecule has 1 fully saturated rings. The Morgan fingerprint density at radius 3 is 2.22 bits per heavy atom. The number of alkyl halides is 3. The number of hydrogen-bond acceptors (Lipinski definition) is 3. The van der Waals surface area contributed by atoms with Crippen LogP contribution < -0.4 is 10.6 Å². The molecule has 1 aliphatic heterocycles. The van der Waals surface area contributed by atoms with Gasteiger partial charge in [-0.15, -0.1) is 12.4 Å². The summed E-state index contributed by atoms with van der Waals surface area (Å²) >= 11 is 0. The van der Waals surface area contributed by atoms with Crippen molar-refractivity contribution in [3.05, 3.63) is 35.4 Å². The quantitative estimate of drug-likeness (QED) is 0.862. The number of carbonyl (C=O) groups excluding carboxylic acids is 2. The summed E-state index contributed by atoms with van der Waals surface area (Å²) in [5.41, 5.74) is -0.734. The van der Waals surface area contributed by atoms with Crippen molar-refractivity contribution in [3.63, 3.8) is 0 Å². The fourth-order valence-electron chi connectivity index (χ4n) is 2.09. The fourth-order valence-corrected chi connectivity index (χ4v) is 2.09. The van der Waals surface area contributed by atoms with Crippen molar-refractivity contribution in [1.29, 1.82) is 0 Å².